The topological polar surface area (TPSA) is 100 Å². The van der Waals surface area contributed by atoms with Crippen LogP contribution in [0, 0.1) is 18.3 Å². The Bertz CT molecular complexity index is 1510. The number of aryl methyl sites for hydroxylation is 1. The van der Waals surface area contributed by atoms with Crippen LogP contribution in [0.1, 0.15) is 34.3 Å². The minimum atomic E-state index is -0.700. The van der Waals surface area contributed by atoms with Gasteiger partial charge in [-0.15, -0.1) is 0 Å². The number of nitriles is 1. The number of benzene rings is 3. The predicted molar refractivity (Wildman–Crippen MR) is 154 cm³/mol. The first-order valence-corrected chi connectivity index (χ1v) is 13.3. The minimum Gasteiger partial charge on any atom is -0.493 e. The number of nitrogens with zero attached hydrogens (tertiary/aromatic N) is 1. The molecule has 1 atom stereocenters. The largest absolute Gasteiger partial charge is 0.493 e. The molecule has 7 nitrogen and oxygen atoms in total. The summed E-state index contributed by atoms with van der Waals surface area (Å²) in [5.41, 5.74) is 4.23. The van der Waals surface area contributed by atoms with Crippen LogP contribution >= 0.6 is 11.8 Å². The SMILES string of the molecule is COc1ccc(C2C(C#N)=C(SCC(=O)c3ccccc3)NC(C)=C2C(=O)Nc2ccccc2C)cc1OC. The first-order valence-electron chi connectivity index (χ1n) is 12.3. The van der Waals surface area contributed by atoms with Crippen LogP contribution in [0.2, 0.25) is 0 Å². The van der Waals surface area contributed by atoms with E-state index in [9.17, 15) is 14.9 Å². The minimum absolute atomic E-state index is 0.0559. The molecule has 0 bridgehead atoms. The molecule has 0 radical (unpaired) electrons. The number of dihydropyridines is 1. The van der Waals surface area contributed by atoms with Crippen LogP contribution in [-0.2, 0) is 4.79 Å². The van der Waals surface area contributed by atoms with Crippen molar-refractivity contribution in [2.24, 2.45) is 0 Å². The maximum Gasteiger partial charge on any atom is 0.254 e. The van der Waals surface area contributed by atoms with E-state index < -0.39 is 5.92 Å². The summed E-state index contributed by atoms with van der Waals surface area (Å²) in [6.07, 6.45) is 0. The summed E-state index contributed by atoms with van der Waals surface area (Å²) in [5.74, 6) is 0.0666. The Hall–Kier alpha value is -4.48. The Morgan fingerprint density at radius 1 is 0.974 bits per heavy atom. The number of amides is 1. The van der Waals surface area contributed by atoms with Gasteiger partial charge in [-0.1, -0.05) is 66.4 Å². The van der Waals surface area contributed by atoms with Gasteiger partial charge in [-0.2, -0.15) is 5.26 Å². The van der Waals surface area contributed by atoms with E-state index in [1.165, 1.54) is 18.9 Å². The van der Waals surface area contributed by atoms with Crippen molar-refractivity contribution < 1.29 is 19.1 Å². The summed E-state index contributed by atoms with van der Waals surface area (Å²) in [6, 6.07) is 24.2. The van der Waals surface area contributed by atoms with Gasteiger partial charge in [-0.05, 0) is 43.2 Å². The fourth-order valence-electron chi connectivity index (χ4n) is 4.44. The number of hydrogen-bond acceptors (Lipinski definition) is 7. The van der Waals surface area contributed by atoms with E-state index in [2.05, 4.69) is 16.7 Å². The number of thioether (sulfide) groups is 1. The van der Waals surface area contributed by atoms with Crippen molar-refractivity contribution in [1.29, 1.82) is 5.26 Å². The van der Waals surface area contributed by atoms with Gasteiger partial charge < -0.3 is 20.1 Å². The van der Waals surface area contributed by atoms with Crippen LogP contribution in [0.25, 0.3) is 0 Å². The molecular weight excluding hydrogens is 510 g/mol. The fourth-order valence-corrected chi connectivity index (χ4v) is 5.43. The van der Waals surface area contributed by atoms with E-state index in [4.69, 9.17) is 9.47 Å². The van der Waals surface area contributed by atoms with Crippen molar-refractivity contribution in [3.05, 3.63) is 111 Å². The highest BCUT2D eigenvalue weighted by Gasteiger charge is 2.35. The molecule has 198 valence electrons. The summed E-state index contributed by atoms with van der Waals surface area (Å²) >= 11 is 1.25. The standard InChI is InChI=1S/C31H29N3O4S/c1-19-10-8-9-13-24(19)34-30(36)28-20(2)33-31(39-18-25(35)21-11-6-5-7-12-21)23(17-32)29(28)22-14-15-26(37-3)27(16-22)38-4/h5-16,29,33H,18H2,1-4H3,(H,34,36). The lowest BCUT2D eigenvalue weighted by Crippen LogP contribution is -2.31. The first-order chi connectivity index (χ1) is 18.9. The molecule has 0 spiro atoms. The number of ketones is 1. The van der Waals surface area contributed by atoms with Gasteiger partial charge in [0, 0.05) is 22.5 Å². The highest BCUT2D eigenvalue weighted by atomic mass is 32.2. The number of carbonyl (C=O) groups is 2. The highest BCUT2D eigenvalue weighted by Crippen LogP contribution is 2.43. The van der Waals surface area contributed by atoms with Crippen molar-refractivity contribution >= 4 is 29.1 Å². The van der Waals surface area contributed by atoms with Gasteiger partial charge in [0.2, 0.25) is 0 Å². The lowest BCUT2D eigenvalue weighted by molar-refractivity contribution is -0.113. The Kier molecular flexibility index (Phi) is 8.74. The number of methoxy groups -OCH3 is 2. The second-order valence-electron chi connectivity index (χ2n) is 8.91. The van der Waals surface area contributed by atoms with E-state index in [1.807, 2.05) is 55.5 Å². The van der Waals surface area contributed by atoms with Crippen LogP contribution in [0.4, 0.5) is 5.69 Å². The van der Waals surface area contributed by atoms with Crippen molar-refractivity contribution in [1.82, 2.24) is 5.32 Å². The van der Waals surface area contributed by atoms with Crippen LogP contribution < -0.4 is 20.1 Å². The lowest BCUT2D eigenvalue weighted by Gasteiger charge is -2.30. The molecule has 8 heteroatoms. The van der Waals surface area contributed by atoms with Gasteiger partial charge in [0.05, 0.1) is 42.6 Å². The molecule has 3 aromatic carbocycles. The number of anilines is 1. The van der Waals surface area contributed by atoms with E-state index >= 15 is 0 Å². The van der Waals surface area contributed by atoms with Crippen LogP contribution in [-0.4, -0.2) is 31.7 Å². The number of hydrogen-bond donors (Lipinski definition) is 2. The number of ether oxygens (including phenoxy) is 2. The third kappa shape index (κ3) is 6.00. The zero-order valence-electron chi connectivity index (χ0n) is 22.2. The van der Waals surface area contributed by atoms with Gasteiger partial charge in [-0.3, -0.25) is 9.59 Å². The highest BCUT2D eigenvalue weighted by molar-refractivity contribution is 8.03. The third-order valence-corrected chi connectivity index (χ3v) is 7.49. The second-order valence-corrected chi connectivity index (χ2v) is 9.90. The fraction of sp³-hybridized carbons (Fsp3) is 0.194. The number of nitrogens with one attached hydrogen (secondary N) is 2. The van der Waals surface area contributed by atoms with Gasteiger partial charge >= 0.3 is 0 Å². The zero-order valence-corrected chi connectivity index (χ0v) is 23.0. The smallest absolute Gasteiger partial charge is 0.254 e. The molecule has 1 aliphatic rings. The quantitative estimate of drug-likeness (QED) is 0.324. The van der Waals surface area contributed by atoms with Crippen molar-refractivity contribution in [3.8, 4) is 17.6 Å². The van der Waals surface area contributed by atoms with E-state index in [-0.39, 0.29) is 17.4 Å². The maximum atomic E-state index is 13.8. The Balaban J connectivity index is 1.76. The maximum absolute atomic E-state index is 13.8. The Labute approximate surface area is 232 Å². The van der Waals surface area contributed by atoms with Crippen LogP contribution in [0.3, 0.4) is 0 Å². The molecule has 39 heavy (non-hydrogen) atoms. The molecule has 3 aromatic rings. The molecule has 1 heterocycles. The molecule has 1 unspecified atom stereocenters. The molecule has 0 fully saturated rings. The molecule has 1 aliphatic heterocycles. The Morgan fingerprint density at radius 2 is 1.67 bits per heavy atom. The predicted octanol–water partition coefficient (Wildman–Crippen LogP) is 5.96. The molecule has 1 amide bonds. The summed E-state index contributed by atoms with van der Waals surface area (Å²) in [4.78, 5) is 26.6. The normalized spacial score (nSPS) is 14.8. The van der Waals surface area contributed by atoms with Gasteiger partial charge in [0.15, 0.2) is 17.3 Å². The lowest BCUT2D eigenvalue weighted by atomic mass is 9.82. The summed E-state index contributed by atoms with van der Waals surface area (Å²) < 4.78 is 10.9. The van der Waals surface area contributed by atoms with Gasteiger partial charge in [0.1, 0.15) is 0 Å². The molecule has 0 saturated carbocycles. The van der Waals surface area contributed by atoms with E-state index in [0.717, 1.165) is 5.56 Å². The number of rotatable bonds is 9. The summed E-state index contributed by atoms with van der Waals surface area (Å²) in [6.45, 7) is 3.72. The van der Waals surface area contributed by atoms with Crippen molar-refractivity contribution in [2.75, 3.05) is 25.3 Å². The zero-order chi connectivity index (χ0) is 27.9. The molecule has 0 saturated heterocycles. The summed E-state index contributed by atoms with van der Waals surface area (Å²) in [7, 11) is 3.08. The number of para-hydroxylation sites is 1. The van der Waals surface area contributed by atoms with Gasteiger partial charge in [0.25, 0.3) is 5.91 Å². The van der Waals surface area contributed by atoms with Crippen molar-refractivity contribution in [2.45, 2.75) is 19.8 Å². The summed E-state index contributed by atoms with van der Waals surface area (Å²) in [5, 5.41) is 17.1. The van der Waals surface area contributed by atoms with E-state index in [1.54, 1.807) is 38.3 Å². The van der Waals surface area contributed by atoms with E-state index in [0.29, 0.717) is 50.2 Å². The van der Waals surface area contributed by atoms with Crippen molar-refractivity contribution in [3.63, 3.8) is 0 Å². The third-order valence-electron chi connectivity index (χ3n) is 6.47. The molecule has 2 N–H and O–H groups in total. The number of allylic oxidation sites excluding steroid dienone is 2. The van der Waals surface area contributed by atoms with Crippen LogP contribution in [0.15, 0.2) is 94.7 Å². The molecule has 0 aromatic heterocycles. The monoisotopic (exact) mass is 539 g/mol. The molecule has 4 rings (SSSR count). The second kappa shape index (κ2) is 12.4. The average molecular weight is 540 g/mol. The van der Waals surface area contributed by atoms with Gasteiger partial charge in [-0.25, -0.2) is 0 Å². The Morgan fingerprint density at radius 3 is 2.33 bits per heavy atom. The molecule has 0 aliphatic carbocycles. The number of carbonyl (C=O) groups excluding carboxylic acids is 2. The number of Topliss-reactive ketones (excluding diaryl/α,β-unsaturated/α-hetero) is 1. The first kappa shape index (κ1) is 27.6. The molecular formula is C31H29N3O4S. The average Bonchev–Trinajstić information content (AvgIpc) is 2.96. The van der Waals surface area contributed by atoms with Crippen LogP contribution in [0.5, 0.6) is 11.5 Å².